The molecule has 0 radical (unpaired) electrons. The van der Waals surface area contributed by atoms with Gasteiger partial charge in [0.15, 0.2) is 0 Å². The number of anilines is 1. The third kappa shape index (κ3) is 2.26. The fourth-order valence-electron chi connectivity index (χ4n) is 3.45. The van der Waals surface area contributed by atoms with Crippen LogP contribution in [0.3, 0.4) is 0 Å². The first-order chi connectivity index (χ1) is 8.71. The summed E-state index contributed by atoms with van der Waals surface area (Å²) in [5.74, 6) is 0. The van der Waals surface area contributed by atoms with E-state index in [0.717, 1.165) is 18.8 Å². The normalized spacial score (nSPS) is 22.3. The minimum atomic E-state index is 0.521. The average molecular weight is 262 g/mol. The van der Waals surface area contributed by atoms with Crippen LogP contribution < -0.4 is 5.73 Å². The quantitative estimate of drug-likeness (QED) is 0.848. The summed E-state index contributed by atoms with van der Waals surface area (Å²) in [6.07, 6.45) is 7.89. The maximum Gasteiger partial charge on any atom is 0.0317 e. The van der Waals surface area contributed by atoms with Gasteiger partial charge >= 0.3 is 0 Å². The molecule has 0 spiro atoms. The van der Waals surface area contributed by atoms with Gasteiger partial charge in [-0.25, -0.2) is 0 Å². The molecule has 1 aromatic carbocycles. The molecule has 0 aromatic heterocycles. The van der Waals surface area contributed by atoms with Crippen LogP contribution in [-0.2, 0) is 13.1 Å². The molecule has 1 heterocycles. The van der Waals surface area contributed by atoms with Gasteiger partial charge in [0.05, 0.1) is 0 Å². The fourth-order valence-corrected chi connectivity index (χ4v) is 4.46. The van der Waals surface area contributed by atoms with E-state index in [1.54, 1.807) is 0 Å². The number of hydrogen-bond acceptors (Lipinski definition) is 3. The highest BCUT2D eigenvalue weighted by atomic mass is 32.2. The van der Waals surface area contributed by atoms with Crippen molar-refractivity contribution in [3.63, 3.8) is 0 Å². The molecule has 98 valence electrons. The number of hydrogen-bond donors (Lipinski definition) is 1. The third-order valence-corrected chi connectivity index (χ3v) is 5.88. The highest BCUT2D eigenvalue weighted by molar-refractivity contribution is 8.00. The maximum atomic E-state index is 5.87. The maximum absolute atomic E-state index is 5.87. The van der Waals surface area contributed by atoms with Crippen molar-refractivity contribution < 1.29 is 0 Å². The zero-order chi connectivity index (χ0) is 12.6. The highest BCUT2D eigenvalue weighted by Gasteiger charge is 2.36. The topological polar surface area (TPSA) is 29.3 Å². The molecule has 1 aromatic rings. The van der Waals surface area contributed by atoms with Gasteiger partial charge in [0.1, 0.15) is 0 Å². The smallest absolute Gasteiger partial charge is 0.0317 e. The second-order valence-electron chi connectivity index (χ2n) is 5.77. The van der Waals surface area contributed by atoms with Crippen molar-refractivity contribution in [2.24, 2.45) is 0 Å². The standard InChI is InChI=1S/C15H22N2S/c1-18-15(6-2-3-7-15)11-17-9-12-4-5-14(16)8-13(12)10-17/h4-5,8H,2-3,6-7,9-11,16H2,1H3. The second-order valence-corrected chi connectivity index (χ2v) is 7.04. The van der Waals surface area contributed by atoms with Gasteiger partial charge in [0, 0.05) is 30.1 Å². The summed E-state index contributed by atoms with van der Waals surface area (Å²) in [5, 5.41) is 0. The first-order valence-electron chi connectivity index (χ1n) is 6.86. The van der Waals surface area contributed by atoms with Gasteiger partial charge in [0.2, 0.25) is 0 Å². The van der Waals surface area contributed by atoms with Gasteiger partial charge in [-0.15, -0.1) is 0 Å². The Morgan fingerprint density at radius 1 is 1.22 bits per heavy atom. The Bertz CT molecular complexity index is 438. The number of rotatable bonds is 3. The summed E-state index contributed by atoms with van der Waals surface area (Å²) < 4.78 is 0.521. The van der Waals surface area contributed by atoms with Gasteiger partial charge in [-0.1, -0.05) is 18.9 Å². The predicted octanol–water partition coefficient (Wildman–Crippen LogP) is 3.26. The molecular weight excluding hydrogens is 240 g/mol. The molecule has 1 fully saturated rings. The molecule has 2 nitrogen and oxygen atoms in total. The minimum absolute atomic E-state index is 0.521. The molecule has 3 heteroatoms. The Kier molecular flexibility index (Phi) is 3.29. The van der Waals surface area contributed by atoms with Crippen LogP contribution in [0.2, 0.25) is 0 Å². The van der Waals surface area contributed by atoms with Crippen LogP contribution >= 0.6 is 11.8 Å². The first kappa shape index (κ1) is 12.4. The lowest BCUT2D eigenvalue weighted by Gasteiger charge is -2.31. The number of thioether (sulfide) groups is 1. The second kappa shape index (κ2) is 4.78. The molecule has 0 saturated heterocycles. The molecule has 0 amide bonds. The van der Waals surface area contributed by atoms with Crippen LogP contribution in [0.4, 0.5) is 5.69 Å². The number of benzene rings is 1. The monoisotopic (exact) mass is 262 g/mol. The van der Waals surface area contributed by atoms with Gasteiger partial charge in [-0.05, 0) is 42.4 Å². The van der Waals surface area contributed by atoms with E-state index in [4.69, 9.17) is 5.73 Å². The van der Waals surface area contributed by atoms with Gasteiger partial charge in [0.25, 0.3) is 0 Å². The Morgan fingerprint density at radius 3 is 2.67 bits per heavy atom. The lowest BCUT2D eigenvalue weighted by Crippen LogP contribution is -2.35. The average Bonchev–Trinajstić information content (AvgIpc) is 2.96. The van der Waals surface area contributed by atoms with Crippen LogP contribution in [0.1, 0.15) is 36.8 Å². The van der Waals surface area contributed by atoms with Crippen LogP contribution in [0.25, 0.3) is 0 Å². The summed E-state index contributed by atoms with van der Waals surface area (Å²) in [5.41, 5.74) is 9.67. The van der Waals surface area contributed by atoms with E-state index >= 15 is 0 Å². The number of nitrogens with two attached hydrogens (primary N) is 1. The number of nitrogens with zero attached hydrogens (tertiary/aromatic N) is 1. The van der Waals surface area contributed by atoms with E-state index in [9.17, 15) is 0 Å². The third-order valence-electron chi connectivity index (χ3n) is 4.48. The predicted molar refractivity (Wildman–Crippen MR) is 79.7 cm³/mol. The van der Waals surface area contributed by atoms with Crippen LogP contribution in [0.15, 0.2) is 18.2 Å². The summed E-state index contributed by atoms with van der Waals surface area (Å²) in [6, 6.07) is 6.38. The van der Waals surface area contributed by atoms with Crippen molar-refractivity contribution in [1.29, 1.82) is 0 Å². The molecule has 18 heavy (non-hydrogen) atoms. The molecule has 2 aliphatic rings. The van der Waals surface area contributed by atoms with Crippen molar-refractivity contribution in [2.75, 3.05) is 18.5 Å². The number of fused-ring (bicyclic) bond motifs is 1. The zero-order valence-electron chi connectivity index (χ0n) is 11.1. The van der Waals surface area contributed by atoms with E-state index in [1.807, 2.05) is 6.07 Å². The molecule has 0 unspecified atom stereocenters. The van der Waals surface area contributed by atoms with E-state index in [-0.39, 0.29) is 0 Å². The SMILES string of the molecule is CSC1(CN2Cc3ccc(N)cc3C2)CCCC1. The van der Waals surface area contributed by atoms with Crippen molar-refractivity contribution >= 4 is 17.4 Å². The van der Waals surface area contributed by atoms with E-state index < -0.39 is 0 Å². The van der Waals surface area contributed by atoms with Crippen molar-refractivity contribution in [3.05, 3.63) is 29.3 Å². The Hall–Kier alpha value is -0.670. The van der Waals surface area contributed by atoms with Crippen LogP contribution in [0.5, 0.6) is 0 Å². The lowest BCUT2D eigenvalue weighted by molar-refractivity contribution is 0.252. The number of nitrogen functional groups attached to an aromatic ring is 1. The Balaban J connectivity index is 1.70. The fraction of sp³-hybridized carbons (Fsp3) is 0.600. The Labute approximate surface area is 114 Å². The van der Waals surface area contributed by atoms with Gasteiger partial charge in [-0.2, -0.15) is 11.8 Å². The minimum Gasteiger partial charge on any atom is -0.399 e. The highest BCUT2D eigenvalue weighted by Crippen LogP contribution is 2.42. The summed E-state index contributed by atoms with van der Waals surface area (Å²) in [4.78, 5) is 2.60. The molecule has 2 N–H and O–H groups in total. The molecule has 1 saturated carbocycles. The van der Waals surface area contributed by atoms with E-state index in [0.29, 0.717) is 4.75 Å². The summed E-state index contributed by atoms with van der Waals surface area (Å²) in [7, 11) is 0. The molecule has 1 aliphatic carbocycles. The van der Waals surface area contributed by atoms with Crippen molar-refractivity contribution in [1.82, 2.24) is 4.90 Å². The van der Waals surface area contributed by atoms with Gasteiger partial charge < -0.3 is 5.73 Å². The van der Waals surface area contributed by atoms with Crippen LogP contribution in [-0.4, -0.2) is 22.4 Å². The van der Waals surface area contributed by atoms with Crippen LogP contribution in [0, 0.1) is 0 Å². The zero-order valence-corrected chi connectivity index (χ0v) is 11.9. The van der Waals surface area contributed by atoms with E-state index in [2.05, 4.69) is 35.1 Å². The first-order valence-corrected chi connectivity index (χ1v) is 8.08. The molecule has 0 atom stereocenters. The van der Waals surface area contributed by atoms with Crippen molar-refractivity contribution in [2.45, 2.75) is 43.5 Å². The summed E-state index contributed by atoms with van der Waals surface area (Å²) >= 11 is 2.08. The Morgan fingerprint density at radius 2 is 1.94 bits per heavy atom. The van der Waals surface area contributed by atoms with Crippen molar-refractivity contribution in [3.8, 4) is 0 Å². The van der Waals surface area contributed by atoms with E-state index in [1.165, 1.54) is 43.4 Å². The lowest BCUT2D eigenvalue weighted by atomic mass is 10.1. The molecule has 1 aliphatic heterocycles. The van der Waals surface area contributed by atoms with Gasteiger partial charge in [-0.3, -0.25) is 4.90 Å². The molecular formula is C15H22N2S. The summed E-state index contributed by atoms with van der Waals surface area (Å²) in [6.45, 7) is 3.43. The largest absolute Gasteiger partial charge is 0.399 e. The molecule has 0 bridgehead atoms. The molecule has 3 rings (SSSR count).